The number of benzene rings is 1. The Morgan fingerprint density at radius 1 is 1.26 bits per heavy atom. The van der Waals surface area contributed by atoms with Crippen LogP contribution in [0.25, 0.3) is 10.2 Å². The minimum atomic E-state index is -0.277. The van der Waals surface area contributed by atoms with Gasteiger partial charge in [-0.25, -0.2) is 9.78 Å². The van der Waals surface area contributed by atoms with Gasteiger partial charge in [-0.05, 0) is 38.8 Å². The minimum absolute atomic E-state index is 0.277. The van der Waals surface area contributed by atoms with E-state index in [-0.39, 0.29) is 5.97 Å². The summed E-state index contributed by atoms with van der Waals surface area (Å²) in [7, 11) is 3.25. The van der Waals surface area contributed by atoms with Gasteiger partial charge in [0, 0.05) is 30.1 Å². The molecule has 0 atom stereocenters. The number of anilines is 2. The summed E-state index contributed by atoms with van der Waals surface area (Å²) in [6, 6.07) is 4.22. The summed E-state index contributed by atoms with van der Waals surface area (Å²) in [6.07, 6.45) is 0.838. The van der Waals surface area contributed by atoms with Crippen LogP contribution in [0.3, 0.4) is 0 Å². The van der Waals surface area contributed by atoms with E-state index in [4.69, 9.17) is 19.2 Å². The van der Waals surface area contributed by atoms with Gasteiger partial charge in [0.2, 0.25) is 0 Å². The maximum absolute atomic E-state index is 12.8. The summed E-state index contributed by atoms with van der Waals surface area (Å²) in [4.78, 5) is 21.2. The summed E-state index contributed by atoms with van der Waals surface area (Å²) < 4.78 is 17.2. The summed E-state index contributed by atoms with van der Waals surface area (Å²) >= 11 is 3.12. The molecular weight excluding hydrogens is 434 g/mol. The van der Waals surface area contributed by atoms with Crippen LogP contribution in [-0.4, -0.2) is 49.3 Å². The highest BCUT2D eigenvalue weighted by Crippen LogP contribution is 2.42. The molecule has 166 valence electrons. The highest BCUT2D eigenvalue weighted by molar-refractivity contribution is 7.23. The molecular formula is C22H27N3O4S2. The second kappa shape index (κ2) is 9.02. The van der Waals surface area contributed by atoms with Gasteiger partial charge in [-0.3, -0.25) is 4.90 Å². The number of aromatic nitrogens is 1. The van der Waals surface area contributed by atoms with Crippen molar-refractivity contribution in [1.82, 2.24) is 9.88 Å². The molecule has 0 bridgehead atoms. The minimum Gasteiger partial charge on any atom is -0.497 e. The number of rotatable bonds is 7. The molecule has 1 aromatic carbocycles. The van der Waals surface area contributed by atoms with Crippen molar-refractivity contribution < 1.29 is 19.0 Å². The second-order valence-corrected chi connectivity index (χ2v) is 9.70. The zero-order chi connectivity index (χ0) is 22.1. The molecule has 0 amide bonds. The Hall–Kier alpha value is -2.36. The van der Waals surface area contributed by atoms with E-state index >= 15 is 0 Å². The van der Waals surface area contributed by atoms with Crippen LogP contribution in [0.4, 0.5) is 10.1 Å². The Labute approximate surface area is 189 Å². The molecule has 0 radical (unpaired) electrons. The van der Waals surface area contributed by atoms with Crippen molar-refractivity contribution in [2.75, 3.05) is 32.7 Å². The molecule has 9 heteroatoms. The van der Waals surface area contributed by atoms with Crippen LogP contribution in [0.5, 0.6) is 11.5 Å². The molecule has 0 saturated heterocycles. The van der Waals surface area contributed by atoms with Crippen molar-refractivity contribution >= 4 is 49.0 Å². The number of thiazole rings is 1. The Morgan fingerprint density at radius 3 is 2.74 bits per heavy atom. The largest absolute Gasteiger partial charge is 0.497 e. The Balaban J connectivity index is 1.73. The molecule has 1 aliphatic rings. The number of nitrogens with one attached hydrogen (secondary N) is 1. The highest BCUT2D eigenvalue weighted by Gasteiger charge is 2.30. The van der Waals surface area contributed by atoms with E-state index in [1.165, 1.54) is 16.2 Å². The number of hydrogen-bond donors (Lipinski definition) is 1. The van der Waals surface area contributed by atoms with E-state index in [0.29, 0.717) is 34.8 Å². The van der Waals surface area contributed by atoms with E-state index in [9.17, 15) is 4.79 Å². The van der Waals surface area contributed by atoms with Crippen LogP contribution in [0.2, 0.25) is 0 Å². The Bertz CT molecular complexity index is 1110. The van der Waals surface area contributed by atoms with Crippen LogP contribution in [0.1, 0.15) is 41.6 Å². The maximum Gasteiger partial charge on any atom is 0.341 e. The van der Waals surface area contributed by atoms with Crippen molar-refractivity contribution in [2.45, 2.75) is 39.8 Å². The highest BCUT2D eigenvalue weighted by atomic mass is 32.1. The SMILES string of the molecule is CCOC(=O)c1c(Nc2nc3c(OC)cc(OC)cc3s2)sc2c1CCN(C(C)C)C2. The van der Waals surface area contributed by atoms with Crippen molar-refractivity contribution in [3.8, 4) is 11.5 Å². The summed E-state index contributed by atoms with van der Waals surface area (Å²) in [5.41, 5.74) is 2.51. The van der Waals surface area contributed by atoms with Crippen LogP contribution in [0.15, 0.2) is 12.1 Å². The van der Waals surface area contributed by atoms with Crippen LogP contribution >= 0.6 is 22.7 Å². The van der Waals surface area contributed by atoms with E-state index in [0.717, 1.165) is 40.3 Å². The molecule has 0 fully saturated rings. The predicted octanol–water partition coefficient (Wildman–Crippen LogP) is 5.06. The first kappa shape index (κ1) is 21.9. The molecule has 0 spiro atoms. The zero-order valence-electron chi connectivity index (χ0n) is 18.4. The number of nitrogens with zero attached hydrogens (tertiary/aromatic N) is 2. The number of carbonyl (C=O) groups is 1. The van der Waals surface area contributed by atoms with Gasteiger partial charge in [-0.15, -0.1) is 11.3 Å². The quantitative estimate of drug-likeness (QED) is 0.493. The average molecular weight is 462 g/mol. The van der Waals surface area contributed by atoms with Crippen LogP contribution in [0, 0.1) is 0 Å². The monoisotopic (exact) mass is 461 g/mol. The third-order valence-electron chi connectivity index (χ3n) is 5.41. The molecule has 0 unspecified atom stereocenters. The van der Waals surface area contributed by atoms with E-state index in [1.54, 1.807) is 25.6 Å². The molecule has 0 saturated carbocycles. The Kier molecular flexibility index (Phi) is 6.36. The summed E-state index contributed by atoms with van der Waals surface area (Å²) in [6.45, 7) is 8.36. The van der Waals surface area contributed by atoms with Crippen molar-refractivity contribution in [3.05, 3.63) is 28.1 Å². The lowest BCUT2D eigenvalue weighted by Crippen LogP contribution is -2.35. The number of thiophene rings is 1. The maximum atomic E-state index is 12.8. The lowest BCUT2D eigenvalue weighted by Gasteiger charge is -2.30. The number of hydrogen-bond acceptors (Lipinski definition) is 9. The molecule has 3 aromatic rings. The van der Waals surface area contributed by atoms with Crippen molar-refractivity contribution in [3.63, 3.8) is 0 Å². The lowest BCUT2D eigenvalue weighted by atomic mass is 10.0. The van der Waals surface area contributed by atoms with Gasteiger partial charge in [0.25, 0.3) is 0 Å². The molecule has 2 aromatic heterocycles. The number of carbonyl (C=O) groups excluding carboxylic acids is 1. The zero-order valence-corrected chi connectivity index (χ0v) is 20.0. The van der Waals surface area contributed by atoms with Crippen molar-refractivity contribution in [2.24, 2.45) is 0 Å². The van der Waals surface area contributed by atoms with Crippen molar-refractivity contribution in [1.29, 1.82) is 0 Å². The van der Waals surface area contributed by atoms with Gasteiger partial charge < -0.3 is 19.5 Å². The third kappa shape index (κ3) is 4.22. The number of methoxy groups -OCH3 is 2. The predicted molar refractivity (Wildman–Crippen MR) is 126 cm³/mol. The normalized spacial score (nSPS) is 14.0. The van der Waals surface area contributed by atoms with E-state index in [1.807, 2.05) is 19.1 Å². The third-order valence-corrected chi connectivity index (χ3v) is 7.46. The molecule has 7 nitrogen and oxygen atoms in total. The van der Waals surface area contributed by atoms with Gasteiger partial charge in [0.05, 0.1) is 31.1 Å². The topological polar surface area (TPSA) is 72.9 Å². The fourth-order valence-electron chi connectivity index (χ4n) is 3.77. The molecule has 31 heavy (non-hydrogen) atoms. The first-order valence-electron chi connectivity index (χ1n) is 10.3. The fourth-order valence-corrected chi connectivity index (χ4v) is 6.01. The van der Waals surface area contributed by atoms with Crippen LogP contribution < -0.4 is 14.8 Å². The molecule has 1 aliphatic heterocycles. The lowest BCUT2D eigenvalue weighted by molar-refractivity contribution is 0.0526. The van der Waals surface area contributed by atoms with Gasteiger partial charge in [-0.1, -0.05) is 11.3 Å². The molecule has 0 aliphatic carbocycles. The van der Waals surface area contributed by atoms with Gasteiger partial charge in [0.1, 0.15) is 22.0 Å². The molecule has 4 rings (SSSR count). The van der Waals surface area contributed by atoms with Gasteiger partial charge in [0.15, 0.2) is 5.13 Å². The first-order chi connectivity index (χ1) is 14.9. The van der Waals surface area contributed by atoms with E-state index in [2.05, 4.69) is 24.1 Å². The van der Waals surface area contributed by atoms with Gasteiger partial charge in [-0.2, -0.15) is 0 Å². The van der Waals surface area contributed by atoms with Crippen LogP contribution in [-0.2, 0) is 17.7 Å². The summed E-state index contributed by atoms with van der Waals surface area (Å²) in [5, 5.41) is 4.89. The van der Waals surface area contributed by atoms with Gasteiger partial charge >= 0.3 is 5.97 Å². The molecule has 1 N–H and O–H groups in total. The Morgan fingerprint density at radius 2 is 2.06 bits per heavy atom. The second-order valence-electron chi connectivity index (χ2n) is 7.56. The number of fused-ring (bicyclic) bond motifs is 2. The fraction of sp³-hybridized carbons (Fsp3) is 0.455. The first-order valence-corrected chi connectivity index (χ1v) is 11.9. The van der Waals surface area contributed by atoms with E-state index < -0.39 is 0 Å². The number of esters is 1. The smallest absolute Gasteiger partial charge is 0.341 e. The summed E-state index contributed by atoms with van der Waals surface area (Å²) in [5.74, 6) is 1.09. The number of ether oxygens (including phenoxy) is 3. The standard InChI is InChI=1S/C22H27N3O4S2/c1-6-29-21(26)18-14-7-8-25(12(2)3)11-17(14)30-20(18)24-22-23-19-15(28-5)9-13(27-4)10-16(19)31-22/h9-10,12H,6-8,11H2,1-5H3,(H,23,24). The average Bonchev–Trinajstić information content (AvgIpc) is 3.32. The molecule has 3 heterocycles.